The maximum absolute atomic E-state index is 12.3. The Morgan fingerprint density at radius 3 is 2.74 bits per heavy atom. The first-order chi connectivity index (χ1) is 9.04. The van der Waals surface area contributed by atoms with Crippen LogP contribution in [0.5, 0.6) is 0 Å². The molecule has 1 saturated heterocycles. The number of esters is 1. The second kappa shape index (κ2) is 5.26. The fourth-order valence-electron chi connectivity index (χ4n) is 2.27. The van der Waals surface area contributed by atoms with Gasteiger partial charge in [-0.05, 0) is 25.8 Å². The average Bonchev–Trinajstić information content (AvgIpc) is 3.05. The molecule has 1 atom stereocenters. The van der Waals surface area contributed by atoms with Gasteiger partial charge in [-0.3, -0.25) is 9.59 Å². The molecule has 0 aliphatic carbocycles. The first-order valence-corrected chi connectivity index (χ1v) is 6.12. The van der Waals surface area contributed by atoms with Crippen molar-refractivity contribution in [1.29, 1.82) is 0 Å². The molecule has 0 saturated carbocycles. The van der Waals surface area contributed by atoms with Gasteiger partial charge in [0.05, 0.1) is 7.11 Å². The number of nitrogens with zero attached hydrogens (tertiary/aromatic N) is 1. The molecule has 19 heavy (non-hydrogen) atoms. The van der Waals surface area contributed by atoms with Gasteiger partial charge in [-0.2, -0.15) is 0 Å². The minimum Gasteiger partial charge on any atom is -0.467 e. The summed E-state index contributed by atoms with van der Waals surface area (Å²) in [5.41, 5.74) is 0.776. The molecule has 1 aromatic heterocycles. The Morgan fingerprint density at radius 1 is 1.42 bits per heavy atom. The highest BCUT2D eigenvalue weighted by atomic mass is 16.5. The number of carbonyl (C=O) groups excluding carboxylic acids is 3. The van der Waals surface area contributed by atoms with Crippen LogP contribution in [0.15, 0.2) is 12.3 Å². The summed E-state index contributed by atoms with van der Waals surface area (Å²) in [6.45, 7) is 1.96. The number of Topliss-reactive ketones (excluding diaryl/α,β-unsaturated/α-hetero) is 1. The lowest BCUT2D eigenvalue weighted by molar-refractivity contribution is -0.145. The Balaban J connectivity index is 2.18. The zero-order valence-electron chi connectivity index (χ0n) is 10.9. The minimum atomic E-state index is -0.526. The van der Waals surface area contributed by atoms with Crippen molar-refractivity contribution in [3.05, 3.63) is 23.5 Å². The number of methoxy groups -OCH3 is 1. The van der Waals surface area contributed by atoms with Crippen LogP contribution in [0, 0.1) is 0 Å². The van der Waals surface area contributed by atoms with E-state index in [1.54, 1.807) is 0 Å². The third-order valence-electron chi connectivity index (χ3n) is 3.31. The van der Waals surface area contributed by atoms with Gasteiger partial charge in [-0.1, -0.05) is 0 Å². The molecular weight excluding hydrogens is 248 g/mol. The molecule has 1 unspecified atom stereocenters. The Morgan fingerprint density at radius 2 is 2.16 bits per heavy atom. The molecule has 1 aliphatic heterocycles. The van der Waals surface area contributed by atoms with Crippen molar-refractivity contribution in [3.63, 3.8) is 0 Å². The zero-order valence-corrected chi connectivity index (χ0v) is 10.9. The van der Waals surface area contributed by atoms with E-state index in [-0.39, 0.29) is 11.7 Å². The van der Waals surface area contributed by atoms with E-state index in [9.17, 15) is 14.4 Å². The molecule has 102 valence electrons. The van der Waals surface area contributed by atoms with Crippen LogP contribution in [0.4, 0.5) is 0 Å². The van der Waals surface area contributed by atoms with Gasteiger partial charge >= 0.3 is 5.97 Å². The van der Waals surface area contributed by atoms with Crippen LogP contribution in [0.3, 0.4) is 0 Å². The maximum Gasteiger partial charge on any atom is 0.328 e. The van der Waals surface area contributed by atoms with Crippen LogP contribution >= 0.6 is 0 Å². The minimum absolute atomic E-state index is 0.110. The molecule has 2 heterocycles. The van der Waals surface area contributed by atoms with Gasteiger partial charge in [0, 0.05) is 18.3 Å². The number of hydrogen-bond donors (Lipinski definition) is 1. The number of aromatic nitrogens is 1. The quantitative estimate of drug-likeness (QED) is 0.652. The molecule has 2 rings (SSSR count). The van der Waals surface area contributed by atoms with Crippen LogP contribution in [0.25, 0.3) is 0 Å². The highest BCUT2D eigenvalue weighted by Crippen LogP contribution is 2.21. The summed E-state index contributed by atoms with van der Waals surface area (Å²) in [5, 5.41) is 0. The number of ketones is 1. The molecule has 0 radical (unpaired) electrons. The summed E-state index contributed by atoms with van der Waals surface area (Å²) < 4.78 is 4.70. The van der Waals surface area contributed by atoms with Gasteiger partial charge in [-0.25, -0.2) is 4.79 Å². The Bertz CT molecular complexity index is 520. The molecule has 0 bridgehead atoms. The summed E-state index contributed by atoms with van der Waals surface area (Å²) in [6, 6.07) is 0.985. The van der Waals surface area contributed by atoms with Gasteiger partial charge in [0.25, 0.3) is 5.91 Å². The maximum atomic E-state index is 12.3. The molecule has 1 aromatic rings. The monoisotopic (exact) mass is 264 g/mol. The number of hydrogen-bond acceptors (Lipinski definition) is 4. The normalized spacial score (nSPS) is 18.4. The van der Waals surface area contributed by atoms with E-state index < -0.39 is 12.0 Å². The lowest BCUT2D eigenvalue weighted by Crippen LogP contribution is -2.41. The first-order valence-electron chi connectivity index (χ1n) is 6.12. The lowest BCUT2D eigenvalue weighted by atomic mass is 10.2. The van der Waals surface area contributed by atoms with Gasteiger partial charge in [0.1, 0.15) is 11.7 Å². The van der Waals surface area contributed by atoms with E-state index in [0.717, 1.165) is 6.42 Å². The predicted molar refractivity (Wildman–Crippen MR) is 66.9 cm³/mol. The van der Waals surface area contributed by atoms with E-state index in [1.807, 2.05) is 0 Å². The summed E-state index contributed by atoms with van der Waals surface area (Å²) >= 11 is 0. The molecule has 6 nitrogen and oxygen atoms in total. The number of amides is 1. The molecule has 1 N–H and O–H groups in total. The Labute approximate surface area is 110 Å². The van der Waals surface area contributed by atoms with Crippen molar-refractivity contribution in [1.82, 2.24) is 9.88 Å². The van der Waals surface area contributed by atoms with E-state index >= 15 is 0 Å². The SMILES string of the molecule is COC(=O)C1CCCN1C(=O)c1cc(C(C)=O)c[nH]1. The predicted octanol–water partition coefficient (Wildman–Crippen LogP) is 0.995. The molecule has 1 aliphatic rings. The summed E-state index contributed by atoms with van der Waals surface area (Å²) in [7, 11) is 1.31. The number of rotatable bonds is 3. The highest BCUT2D eigenvalue weighted by Gasteiger charge is 2.35. The van der Waals surface area contributed by atoms with E-state index in [1.165, 1.54) is 31.2 Å². The second-order valence-corrected chi connectivity index (χ2v) is 4.54. The van der Waals surface area contributed by atoms with Crippen molar-refractivity contribution in [2.45, 2.75) is 25.8 Å². The average molecular weight is 264 g/mol. The molecule has 1 fully saturated rings. The van der Waals surface area contributed by atoms with Crippen molar-refractivity contribution in [2.75, 3.05) is 13.7 Å². The number of ether oxygens (including phenoxy) is 1. The molecule has 0 spiro atoms. The summed E-state index contributed by atoms with van der Waals surface area (Å²) in [5.74, 6) is -0.786. The number of carbonyl (C=O) groups is 3. The highest BCUT2D eigenvalue weighted by molar-refractivity contribution is 6.00. The molecule has 6 heteroatoms. The van der Waals surface area contributed by atoms with Crippen LogP contribution in [0.2, 0.25) is 0 Å². The molecule has 0 aromatic carbocycles. The third kappa shape index (κ3) is 2.52. The smallest absolute Gasteiger partial charge is 0.328 e. The largest absolute Gasteiger partial charge is 0.467 e. The standard InChI is InChI=1S/C13H16N2O4/c1-8(16)9-6-10(14-7-9)12(17)15-5-3-4-11(15)13(18)19-2/h6-7,11,14H,3-5H2,1-2H3. The Kier molecular flexibility index (Phi) is 3.69. The first kappa shape index (κ1) is 13.3. The topological polar surface area (TPSA) is 79.5 Å². The number of H-pyrrole nitrogens is 1. The number of aromatic amines is 1. The second-order valence-electron chi connectivity index (χ2n) is 4.54. The van der Waals surface area contributed by atoms with Crippen molar-refractivity contribution in [2.24, 2.45) is 0 Å². The number of likely N-dealkylation sites (tertiary alicyclic amines) is 1. The third-order valence-corrected chi connectivity index (χ3v) is 3.31. The van der Waals surface area contributed by atoms with E-state index in [0.29, 0.717) is 24.2 Å². The van der Waals surface area contributed by atoms with E-state index in [2.05, 4.69) is 4.98 Å². The van der Waals surface area contributed by atoms with Crippen LogP contribution < -0.4 is 0 Å². The van der Waals surface area contributed by atoms with Crippen LogP contribution in [0.1, 0.15) is 40.6 Å². The van der Waals surface area contributed by atoms with Crippen LogP contribution in [-0.2, 0) is 9.53 Å². The van der Waals surface area contributed by atoms with E-state index in [4.69, 9.17) is 4.74 Å². The fraction of sp³-hybridized carbons (Fsp3) is 0.462. The van der Waals surface area contributed by atoms with Crippen molar-refractivity contribution < 1.29 is 19.1 Å². The summed E-state index contributed by atoms with van der Waals surface area (Å²) in [6.07, 6.45) is 2.88. The van der Waals surface area contributed by atoms with Gasteiger partial charge in [0.15, 0.2) is 5.78 Å². The molecular formula is C13H16N2O4. The Hall–Kier alpha value is -2.11. The van der Waals surface area contributed by atoms with Crippen molar-refractivity contribution in [3.8, 4) is 0 Å². The lowest BCUT2D eigenvalue weighted by Gasteiger charge is -2.21. The zero-order chi connectivity index (χ0) is 14.0. The van der Waals surface area contributed by atoms with Gasteiger partial charge < -0.3 is 14.6 Å². The number of nitrogens with one attached hydrogen (secondary N) is 1. The van der Waals surface area contributed by atoms with Crippen molar-refractivity contribution >= 4 is 17.7 Å². The fourth-order valence-corrected chi connectivity index (χ4v) is 2.27. The van der Waals surface area contributed by atoms with Gasteiger partial charge in [0.2, 0.25) is 0 Å². The van der Waals surface area contributed by atoms with Crippen LogP contribution in [-0.4, -0.2) is 47.2 Å². The van der Waals surface area contributed by atoms with Gasteiger partial charge in [-0.15, -0.1) is 0 Å². The molecule has 1 amide bonds. The summed E-state index contributed by atoms with van der Waals surface area (Å²) in [4.78, 5) is 39.3.